The van der Waals surface area contributed by atoms with Crippen LogP contribution in [-0.4, -0.2) is 46.4 Å². The molecule has 1 fully saturated rings. The summed E-state index contributed by atoms with van der Waals surface area (Å²) in [5, 5.41) is 18.5. The van der Waals surface area contributed by atoms with Crippen molar-refractivity contribution in [3.05, 3.63) is 29.3 Å². The third-order valence-corrected chi connectivity index (χ3v) is 4.74. The third-order valence-electron chi connectivity index (χ3n) is 3.00. The summed E-state index contributed by atoms with van der Waals surface area (Å²) in [4.78, 5) is 13.9. The van der Waals surface area contributed by atoms with Crippen LogP contribution in [0.25, 0.3) is 0 Å². The number of aliphatic hydroxyl groups is 2. The average Bonchev–Trinajstić information content (AvgIpc) is 2.78. The van der Waals surface area contributed by atoms with Crippen LogP contribution in [0.15, 0.2) is 24.3 Å². The minimum Gasteiger partial charge on any atom is -0.394 e. The highest BCUT2D eigenvalue weighted by molar-refractivity contribution is 8.00. The maximum absolute atomic E-state index is 12.3. The lowest BCUT2D eigenvalue weighted by atomic mass is 10.3. The fourth-order valence-electron chi connectivity index (χ4n) is 2.00. The first-order valence-electron chi connectivity index (χ1n) is 6.10. The molecule has 0 spiro atoms. The molecule has 0 unspecified atom stereocenters. The van der Waals surface area contributed by atoms with Crippen LogP contribution in [-0.2, 0) is 4.79 Å². The third kappa shape index (κ3) is 3.42. The largest absolute Gasteiger partial charge is 0.394 e. The lowest BCUT2D eigenvalue weighted by molar-refractivity contribution is -0.116. The molecule has 1 aromatic carbocycles. The van der Waals surface area contributed by atoms with Crippen LogP contribution in [0.2, 0.25) is 5.02 Å². The second-order valence-electron chi connectivity index (χ2n) is 4.39. The van der Waals surface area contributed by atoms with Gasteiger partial charge in [-0.15, -0.1) is 11.8 Å². The zero-order valence-corrected chi connectivity index (χ0v) is 11.9. The van der Waals surface area contributed by atoms with Crippen molar-refractivity contribution in [2.75, 3.05) is 23.8 Å². The highest BCUT2D eigenvalue weighted by Gasteiger charge is 2.33. The van der Waals surface area contributed by atoms with Gasteiger partial charge in [0, 0.05) is 12.3 Å². The minimum absolute atomic E-state index is 0.0169. The van der Waals surface area contributed by atoms with Gasteiger partial charge in [-0.2, -0.15) is 0 Å². The van der Waals surface area contributed by atoms with Crippen LogP contribution < -0.4 is 4.90 Å². The Morgan fingerprint density at radius 1 is 1.47 bits per heavy atom. The van der Waals surface area contributed by atoms with Gasteiger partial charge in [0.1, 0.15) is 0 Å². The van der Waals surface area contributed by atoms with Gasteiger partial charge in [-0.05, 0) is 18.6 Å². The maximum atomic E-state index is 12.3. The molecule has 1 aromatic rings. The van der Waals surface area contributed by atoms with Crippen LogP contribution >= 0.6 is 23.4 Å². The molecule has 1 heterocycles. The second-order valence-corrected chi connectivity index (χ2v) is 6.03. The van der Waals surface area contributed by atoms with Gasteiger partial charge in [0.15, 0.2) is 0 Å². The smallest absolute Gasteiger partial charge is 0.240 e. The molecule has 104 valence electrons. The number of amides is 1. The molecule has 0 saturated carbocycles. The molecule has 19 heavy (non-hydrogen) atoms. The number of carbonyl (C=O) groups excluding carboxylic acids is 1. The predicted octanol–water partition coefficient (Wildman–Crippen LogP) is 1.53. The molecular formula is C13H16ClNO3S. The van der Waals surface area contributed by atoms with Gasteiger partial charge in [0.25, 0.3) is 0 Å². The van der Waals surface area contributed by atoms with E-state index >= 15 is 0 Å². The summed E-state index contributed by atoms with van der Waals surface area (Å²) in [7, 11) is 0. The quantitative estimate of drug-likeness (QED) is 0.866. The normalized spacial score (nSPS) is 20.9. The van der Waals surface area contributed by atoms with Crippen LogP contribution in [0.5, 0.6) is 0 Å². The second kappa shape index (κ2) is 6.61. The number of hydrogen-bond donors (Lipinski definition) is 2. The van der Waals surface area contributed by atoms with Crippen molar-refractivity contribution in [3.8, 4) is 0 Å². The Bertz CT molecular complexity index is 457. The zero-order valence-electron chi connectivity index (χ0n) is 10.3. The first-order valence-corrected chi connectivity index (χ1v) is 7.52. The number of nitrogens with zero attached hydrogens (tertiary/aromatic N) is 1. The highest BCUT2D eigenvalue weighted by Crippen LogP contribution is 2.32. The molecule has 0 aromatic heterocycles. The Hall–Kier alpha value is -0.750. The van der Waals surface area contributed by atoms with E-state index in [9.17, 15) is 9.90 Å². The fraction of sp³-hybridized carbons (Fsp3) is 0.462. The Kier molecular flexibility index (Phi) is 5.10. The van der Waals surface area contributed by atoms with E-state index in [2.05, 4.69) is 0 Å². The summed E-state index contributed by atoms with van der Waals surface area (Å²) in [5.41, 5.74) is 0.736. The molecule has 0 radical (unpaired) electrons. The van der Waals surface area contributed by atoms with E-state index in [-0.39, 0.29) is 17.8 Å². The van der Waals surface area contributed by atoms with Gasteiger partial charge in [-0.3, -0.25) is 4.79 Å². The zero-order chi connectivity index (χ0) is 13.8. The van der Waals surface area contributed by atoms with E-state index in [0.717, 1.165) is 12.1 Å². The molecule has 2 rings (SSSR count). The first kappa shape index (κ1) is 14.7. The molecule has 4 nitrogen and oxygen atoms in total. The summed E-state index contributed by atoms with van der Waals surface area (Å²) in [6.07, 6.45) is -0.0421. The standard InChI is InChI=1S/C13H16ClNO3S/c14-10-3-1-2-4-11(10)15-6-5-12(13(15)18)19-8-9(17)7-16/h1-4,9,12,16-17H,5-8H2/t9-,12+/m1/s1. The summed E-state index contributed by atoms with van der Waals surface area (Å²) in [6.45, 7) is 0.359. The number of para-hydroxylation sites is 1. The molecule has 2 N–H and O–H groups in total. The van der Waals surface area contributed by atoms with E-state index < -0.39 is 6.10 Å². The van der Waals surface area contributed by atoms with Crippen molar-refractivity contribution in [2.45, 2.75) is 17.8 Å². The van der Waals surface area contributed by atoms with Gasteiger partial charge in [0.05, 0.1) is 28.7 Å². The number of hydrogen-bond acceptors (Lipinski definition) is 4. The maximum Gasteiger partial charge on any atom is 0.240 e. The van der Waals surface area contributed by atoms with Gasteiger partial charge in [0.2, 0.25) is 5.91 Å². The van der Waals surface area contributed by atoms with Crippen LogP contribution in [0.4, 0.5) is 5.69 Å². The number of anilines is 1. The Balaban J connectivity index is 2.00. The van der Waals surface area contributed by atoms with E-state index in [1.165, 1.54) is 11.8 Å². The summed E-state index contributed by atoms with van der Waals surface area (Å²) < 4.78 is 0. The monoisotopic (exact) mass is 301 g/mol. The summed E-state index contributed by atoms with van der Waals surface area (Å²) in [6, 6.07) is 7.27. The molecule has 0 aliphatic carbocycles. The molecule has 1 amide bonds. The lowest BCUT2D eigenvalue weighted by Crippen LogP contribution is -2.29. The van der Waals surface area contributed by atoms with Crippen molar-refractivity contribution >= 4 is 35.0 Å². The van der Waals surface area contributed by atoms with Crippen LogP contribution in [0.1, 0.15) is 6.42 Å². The SMILES string of the molecule is O=C1[C@@H](SC[C@H](O)CO)CCN1c1ccccc1Cl. The molecule has 0 bridgehead atoms. The number of rotatable bonds is 5. The van der Waals surface area contributed by atoms with Crippen LogP contribution in [0.3, 0.4) is 0 Å². The molecule has 1 aliphatic heterocycles. The Labute approximate surface area is 121 Å². The van der Waals surface area contributed by atoms with E-state index in [1.54, 1.807) is 11.0 Å². The van der Waals surface area contributed by atoms with Crippen LogP contribution in [0, 0.1) is 0 Å². The van der Waals surface area contributed by atoms with Gasteiger partial charge >= 0.3 is 0 Å². The fourth-order valence-corrected chi connectivity index (χ4v) is 3.34. The topological polar surface area (TPSA) is 60.8 Å². The number of thioether (sulfide) groups is 1. The Morgan fingerprint density at radius 2 is 2.21 bits per heavy atom. The molecule has 1 saturated heterocycles. The summed E-state index contributed by atoms with van der Waals surface area (Å²) in [5.74, 6) is 0.381. The Morgan fingerprint density at radius 3 is 2.89 bits per heavy atom. The first-order chi connectivity index (χ1) is 9.13. The average molecular weight is 302 g/mol. The predicted molar refractivity (Wildman–Crippen MR) is 77.8 cm³/mol. The minimum atomic E-state index is -0.771. The highest BCUT2D eigenvalue weighted by atomic mass is 35.5. The number of halogens is 1. The van der Waals surface area contributed by atoms with E-state index in [0.29, 0.717) is 17.3 Å². The number of benzene rings is 1. The van der Waals surface area contributed by atoms with Gasteiger partial charge in [-0.25, -0.2) is 0 Å². The number of aliphatic hydroxyl groups excluding tert-OH is 2. The van der Waals surface area contributed by atoms with Crippen molar-refractivity contribution in [3.63, 3.8) is 0 Å². The number of carbonyl (C=O) groups is 1. The summed E-state index contributed by atoms with van der Waals surface area (Å²) >= 11 is 7.48. The molecular weight excluding hydrogens is 286 g/mol. The van der Waals surface area contributed by atoms with Gasteiger partial charge in [-0.1, -0.05) is 23.7 Å². The van der Waals surface area contributed by atoms with Crippen molar-refractivity contribution in [2.24, 2.45) is 0 Å². The molecule has 2 atom stereocenters. The van der Waals surface area contributed by atoms with Crippen molar-refractivity contribution in [1.82, 2.24) is 0 Å². The van der Waals surface area contributed by atoms with Gasteiger partial charge < -0.3 is 15.1 Å². The lowest BCUT2D eigenvalue weighted by Gasteiger charge is -2.18. The van der Waals surface area contributed by atoms with Crippen molar-refractivity contribution < 1.29 is 15.0 Å². The van der Waals surface area contributed by atoms with E-state index in [1.807, 2.05) is 18.2 Å². The van der Waals surface area contributed by atoms with Crippen molar-refractivity contribution in [1.29, 1.82) is 0 Å². The molecule has 6 heteroatoms. The molecule has 1 aliphatic rings. The van der Waals surface area contributed by atoms with E-state index in [4.69, 9.17) is 16.7 Å².